The number of rotatable bonds is 3. The predicted octanol–water partition coefficient (Wildman–Crippen LogP) is -1.15. The monoisotopic (exact) mass is 132 g/mol. The second-order valence-corrected chi connectivity index (χ2v) is 1.67. The van der Waals surface area contributed by atoms with Gasteiger partial charge in [-0.1, -0.05) is 0 Å². The van der Waals surface area contributed by atoms with Crippen molar-refractivity contribution in [1.29, 1.82) is 0 Å². The van der Waals surface area contributed by atoms with Crippen LogP contribution in [0.4, 0.5) is 0 Å². The molecule has 2 atom stereocenters. The first kappa shape index (κ1) is 8.39. The summed E-state index contributed by atoms with van der Waals surface area (Å²) in [5, 5.41) is 19.3. The van der Waals surface area contributed by atoms with E-state index in [0.29, 0.717) is 0 Å². The van der Waals surface area contributed by atoms with Crippen molar-refractivity contribution in [1.82, 2.24) is 5.32 Å². The average molecular weight is 132 g/mol. The van der Waals surface area contributed by atoms with Gasteiger partial charge in [0.05, 0.1) is 6.10 Å². The standard InChI is InChI=1S/C5H10NO3/c1-3(7)4(6-2)5(8)9/h3-4,6-7H,1H2,2H3,(H,8,9). The van der Waals surface area contributed by atoms with Gasteiger partial charge in [-0.2, -0.15) is 0 Å². The number of likely N-dealkylation sites (N-methyl/N-ethyl adjacent to an activating group) is 1. The number of aliphatic hydroxyl groups excluding tert-OH is 1. The summed E-state index contributed by atoms with van der Waals surface area (Å²) >= 11 is 0. The topological polar surface area (TPSA) is 69.6 Å². The molecule has 3 N–H and O–H groups in total. The first-order chi connectivity index (χ1) is 4.09. The maximum Gasteiger partial charge on any atom is 0.323 e. The molecule has 0 aliphatic rings. The highest BCUT2D eigenvalue weighted by Crippen LogP contribution is 1.89. The summed E-state index contributed by atoms with van der Waals surface area (Å²) in [6, 6.07) is -0.968. The van der Waals surface area contributed by atoms with Crippen molar-refractivity contribution < 1.29 is 15.0 Å². The molecule has 0 saturated carbocycles. The van der Waals surface area contributed by atoms with Gasteiger partial charge in [0, 0.05) is 0 Å². The predicted molar refractivity (Wildman–Crippen MR) is 31.8 cm³/mol. The van der Waals surface area contributed by atoms with Gasteiger partial charge in [0.25, 0.3) is 0 Å². The molecular formula is C5H10NO3. The second kappa shape index (κ2) is 3.42. The van der Waals surface area contributed by atoms with E-state index in [1.165, 1.54) is 7.05 Å². The summed E-state index contributed by atoms with van der Waals surface area (Å²) in [5.74, 6) is -1.10. The molecule has 1 radical (unpaired) electrons. The van der Waals surface area contributed by atoms with Crippen molar-refractivity contribution in [2.45, 2.75) is 12.1 Å². The third-order valence-corrected chi connectivity index (χ3v) is 0.962. The molecule has 0 saturated heterocycles. The number of aliphatic carboxylic acids is 1. The van der Waals surface area contributed by atoms with E-state index in [9.17, 15) is 4.79 Å². The molecular weight excluding hydrogens is 122 g/mol. The zero-order valence-electron chi connectivity index (χ0n) is 5.16. The van der Waals surface area contributed by atoms with Crippen LogP contribution < -0.4 is 5.32 Å². The van der Waals surface area contributed by atoms with Crippen LogP contribution in [0.2, 0.25) is 0 Å². The number of carbonyl (C=O) groups is 1. The Hall–Kier alpha value is -0.610. The molecule has 0 aromatic heterocycles. The fourth-order valence-corrected chi connectivity index (χ4v) is 0.480. The fraction of sp³-hybridized carbons (Fsp3) is 0.600. The first-order valence-electron chi connectivity index (χ1n) is 2.50. The molecule has 0 aromatic carbocycles. The lowest BCUT2D eigenvalue weighted by molar-refractivity contribution is -0.141. The van der Waals surface area contributed by atoms with Crippen molar-refractivity contribution in [2.75, 3.05) is 7.05 Å². The van der Waals surface area contributed by atoms with E-state index in [1.807, 2.05) is 0 Å². The van der Waals surface area contributed by atoms with Gasteiger partial charge >= 0.3 is 5.97 Å². The molecule has 4 nitrogen and oxygen atoms in total. The minimum Gasteiger partial charge on any atom is -0.480 e. The summed E-state index contributed by atoms with van der Waals surface area (Å²) in [6.07, 6.45) is -1.10. The third kappa shape index (κ3) is 2.43. The van der Waals surface area contributed by atoms with Crippen LogP contribution in [0.3, 0.4) is 0 Å². The molecule has 0 aromatic rings. The van der Waals surface area contributed by atoms with Crippen molar-refractivity contribution in [2.24, 2.45) is 0 Å². The summed E-state index contributed by atoms with van der Waals surface area (Å²) in [7, 11) is 1.45. The van der Waals surface area contributed by atoms with E-state index in [4.69, 9.17) is 10.2 Å². The molecule has 0 amide bonds. The van der Waals surface area contributed by atoms with Crippen molar-refractivity contribution in [3.63, 3.8) is 0 Å². The number of hydrogen-bond acceptors (Lipinski definition) is 3. The Balaban J connectivity index is 3.83. The van der Waals surface area contributed by atoms with Crippen LogP contribution in [0, 0.1) is 6.92 Å². The van der Waals surface area contributed by atoms with Gasteiger partial charge < -0.3 is 15.5 Å². The second-order valence-electron chi connectivity index (χ2n) is 1.67. The molecule has 4 heteroatoms. The van der Waals surface area contributed by atoms with Crippen molar-refractivity contribution in [3.8, 4) is 0 Å². The zero-order chi connectivity index (χ0) is 7.44. The molecule has 0 spiro atoms. The molecule has 0 bridgehead atoms. The molecule has 9 heavy (non-hydrogen) atoms. The summed E-state index contributed by atoms with van der Waals surface area (Å²) in [4.78, 5) is 10.1. The van der Waals surface area contributed by atoms with Crippen molar-refractivity contribution >= 4 is 5.97 Å². The largest absolute Gasteiger partial charge is 0.480 e. The van der Waals surface area contributed by atoms with Gasteiger partial charge in [-0.3, -0.25) is 4.79 Å². The Bertz CT molecular complexity index is 102. The van der Waals surface area contributed by atoms with Crippen molar-refractivity contribution in [3.05, 3.63) is 6.92 Å². The smallest absolute Gasteiger partial charge is 0.323 e. The molecule has 53 valence electrons. The molecule has 0 rings (SSSR count). The molecule has 2 unspecified atom stereocenters. The van der Waals surface area contributed by atoms with Crippen LogP contribution in [0.15, 0.2) is 0 Å². The minimum absolute atomic E-state index is 0.968. The van der Waals surface area contributed by atoms with Gasteiger partial charge in [0.2, 0.25) is 0 Å². The van der Waals surface area contributed by atoms with Gasteiger partial charge in [-0.25, -0.2) is 0 Å². The number of hydrogen-bond donors (Lipinski definition) is 3. The Morgan fingerprint density at radius 2 is 2.22 bits per heavy atom. The van der Waals surface area contributed by atoms with E-state index in [1.54, 1.807) is 0 Å². The van der Waals surface area contributed by atoms with Crippen LogP contribution in [0.25, 0.3) is 0 Å². The average Bonchev–Trinajstić information content (AvgIpc) is 1.64. The van der Waals surface area contributed by atoms with E-state index in [0.717, 1.165) is 0 Å². The minimum atomic E-state index is -1.10. The quantitative estimate of drug-likeness (QED) is 0.453. The Morgan fingerprint density at radius 3 is 2.22 bits per heavy atom. The molecule has 0 fully saturated rings. The maximum absolute atomic E-state index is 10.1. The van der Waals surface area contributed by atoms with Gasteiger partial charge in [-0.15, -0.1) is 0 Å². The fourth-order valence-electron chi connectivity index (χ4n) is 0.480. The van der Waals surface area contributed by atoms with Gasteiger partial charge in [0.1, 0.15) is 6.04 Å². The number of nitrogens with one attached hydrogen (secondary N) is 1. The Labute approximate surface area is 53.5 Å². The Kier molecular flexibility index (Phi) is 3.19. The molecule has 0 aliphatic heterocycles. The molecule has 0 heterocycles. The van der Waals surface area contributed by atoms with E-state index >= 15 is 0 Å². The number of carboxylic acid groups (broad SMARTS) is 1. The van der Waals surface area contributed by atoms with E-state index in [2.05, 4.69) is 12.2 Å². The SMILES string of the molecule is [CH2]C(O)C(NC)C(=O)O. The lowest BCUT2D eigenvalue weighted by Gasteiger charge is -2.12. The highest BCUT2D eigenvalue weighted by atomic mass is 16.4. The lowest BCUT2D eigenvalue weighted by atomic mass is 10.2. The van der Waals surface area contributed by atoms with E-state index < -0.39 is 18.1 Å². The summed E-state index contributed by atoms with van der Waals surface area (Å²) in [5.41, 5.74) is 0. The van der Waals surface area contributed by atoms with E-state index in [-0.39, 0.29) is 0 Å². The highest BCUT2D eigenvalue weighted by molar-refractivity contribution is 5.74. The van der Waals surface area contributed by atoms with Crippen LogP contribution >= 0.6 is 0 Å². The van der Waals surface area contributed by atoms with Gasteiger partial charge in [0.15, 0.2) is 0 Å². The first-order valence-corrected chi connectivity index (χ1v) is 2.50. The number of carboxylic acids is 1. The lowest BCUT2D eigenvalue weighted by Crippen LogP contribution is -2.42. The maximum atomic E-state index is 10.1. The van der Waals surface area contributed by atoms with Crippen LogP contribution in [-0.2, 0) is 4.79 Å². The van der Waals surface area contributed by atoms with Gasteiger partial charge in [-0.05, 0) is 14.0 Å². The van der Waals surface area contributed by atoms with Crippen LogP contribution in [0.5, 0.6) is 0 Å². The number of aliphatic hydroxyl groups is 1. The third-order valence-electron chi connectivity index (χ3n) is 0.962. The Morgan fingerprint density at radius 1 is 1.78 bits per heavy atom. The highest BCUT2D eigenvalue weighted by Gasteiger charge is 2.19. The zero-order valence-corrected chi connectivity index (χ0v) is 5.16. The van der Waals surface area contributed by atoms with Crippen LogP contribution in [0.1, 0.15) is 0 Å². The normalized spacial score (nSPS) is 16.8. The summed E-state index contributed by atoms with van der Waals surface area (Å²) in [6.45, 7) is 3.14. The summed E-state index contributed by atoms with van der Waals surface area (Å²) < 4.78 is 0. The van der Waals surface area contributed by atoms with Crippen LogP contribution in [-0.4, -0.2) is 35.4 Å². The molecule has 0 aliphatic carbocycles.